The summed E-state index contributed by atoms with van der Waals surface area (Å²) in [5.41, 5.74) is 0.894. The Morgan fingerprint density at radius 1 is 1.12 bits per heavy atom. The summed E-state index contributed by atoms with van der Waals surface area (Å²) in [4.78, 5) is 20.0. The molecule has 0 aliphatic carbocycles. The maximum absolute atomic E-state index is 13.0. The molecule has 0 unspecified atom stereocenters. The van der Waals surface area contributed by atoms with Gasteiger partial charge in [-0.1, -0.05) is 12.1 Å². The van der Waals surface area contributed by atoms with E-state index in [1.165, 1.54) is 13.0 Å². The molecule has 0 fully saturated rings. The van der Waals surface area contributed by atoms with Gasteiger partial charge in [0.05, 0.1) is 5.56 Å². The second-order valence-corrected chi connectivity index (χ2v) is 6.62. The summed E-state index contributed by atoms with van der Waals surface area (Å²) in [6.07, 6.45) is -4.77. The van der Waals surface area contributed by atoms with Crippen LogP contribution in [0.15, 0.2) is 54.6 Å². The van der Waals surface area contributed by atoms with Crippen LogP contribution in [0.25, 0.3) is 5.78 Å². The summed E-state index contributed by atoms with van der Waals surface area (Å²) in [7, 11) is 0. The van der Waals surface area contributed by atoms with Gasteiger partial charge >= 0.3 is 6.18 Å². The van der Waals surface area contributed by atoms with Crippen LogP contribution in [-0.4, -0.2) is 25.5 Å². The first-order valence-corrected chi connectivity index (χ1v) is 9.14. The second kappa shape index (κ2) is 7.99. The summed E-state index contributed by atoms with van der Waals surface area (Å²) in [5.74, 6) is -1.60. The number of fused-ring (bicyclic) bond motifs is 1. The van der Waals surface area contributed by atoms with Crippen LogP contribution in [0, 0.1) is 18.3 Å². The van der Waals surface area contributed by atoms with Crippen LogP contribution in [0.3, 0.4) is 0 Å². The third kappa shape index (κ3) is 4.20. The molecule has 0 atom stereocenters. The van der Waals surface area contributed by atoms with E-state index in [4.69, 9.17) is 10.00 Å². The number of alkyl halides is 3. The predicted octanol–water partition coefficient (Wildman–Crippen LogP) is 4.37. The Kier molecular flexibility index (Phi) is 5.19. The van der Waals surface area contributed by atoms with Gasteiger partial charge in [-0.05, 0) is 49.4 Å². The molecule has 11 heteroatoms. The lowest BCUT2D eigenvalue weighted by atomic mass is 10.2. The Morgan fingerprint density at radius 3 is 2.53 bits per heavy atom. The van der Waals surface area contributed by atoms with Crippen LogP contribution in [0.4, 0.5) is 18.9 Å². The molecule has 0 bridgehead atoms. The average molecular weight is 438 g/mol. The molecule has 4 rings (SSSR count). The largest absolute Gasteiger partial charge is 0.456 e. The zero-order valence-corrected chi connectivity index (χ0v) is 16.4. The Morgan fingerprint density at radius 2 is 1.84 bits per heavy atom. The van der Waals surface area contributed by atoms with Gasteiger partial charge in [0.15, 0.2) is 0 Å². The molecule has 0 spiro atoms. The molecule has 32 heavy (non-hydrogen) atoms. The van der Waals surface area contributed by atoms with Crippen molar-refractivity contribution in [3.8, 4) is 17.6 Å². The number of anilines is 1. The van der Waals surface area contributed by atoms with Crippen LogP contribution in [0.5, 0.6) is 11.5 Å². The molecule has 0 aliphatic rings. The third-order valence-electron chi connectivity index (χ3n) is 4.27. The molecule has 1 N–H and O–H groups in total. The number of hydrogen-bond donors (Lipinski definition) is 1. The topological polar surface area (TPSA) is 105 Å². The number of ether oxygens (including phenoxy) is 1. The molecule has 2 aromatic carbocycles. The zero-order chi connectivity index (χ0) is 22.9. The summed E-state index contributed by atoms with van der Waals surface area (Å²) < 4.78 is 45.3. The van der Waals surface area contributed by atoms with Gasteiger partial charge in [-0.3, -0.25) is 4.79 Å². The van der Waals surface area contributed by atoms with Gasteiger partial charge in [0.1, 0.15) is 23.3 Å². The lowest BCUT2D eigenvalue weighted by Crippen LogP contribution is -2.18. The fourth-order valence-electron chi connectivity index (χ4n) is 2.85. The number of nitriles is 1. The number of carbonyl (C=O) groups excluding carboxylic acids is 1. The van der Waals surface area contributed by atoms with Gasteiger partial charge in [0.2, 0.25) is 0 Å². The maximum atomic E-state index is 13.0. The van der Waals surface area contributed by atoms with Gasteiger partial charge in [0, 0.05) is 11.4 Å². The fourth-order valence-corrected chi connectivity index (χ4v) is 2.85. The summed E-state index contributed by atoms with van der Waals surface area (Å²) in [6, 6.07) is 16.3. The van der Waals surface area contributed by atoms with Crippen molar-refractivity contribution in [2.45, 2.75) is 13.1 Å². The highest BCUT2D eigenvalue weighted by Crippen LogP contribution is 2.27. The van der Waals surface area contributed by atoms with Gasteiger partial charge in [-0.15, -0.1) is 5.10 Å². The Bertz CT molecular complexity index is 1360. The first-order chi connectivity index (χ1) is 15.2. The van der Waals surface area contributed by atoms with Gasteiger partial charge < -0.3 is 10.1 Å². The first-order valence-electron chi connectivity index (χ1n) is 9.14. The number of aryl methyl sites for hydroxylation is 1. The number of benzene rings is 2. The number of rotatable bonds is 4. The number of nitrogens with one attached hydrogen (secondary N) is 1. The molecule has 0 aliphatic heterocycles. The minimum Gasteiger partial charge on any atom is -0.456 e. The van der Waals surface area contributed by atoms with Crippen LogP contribution < -0.4 is 10.1 Å². The van der Waals surface area contributed by atoms with E-state index in [1.807, 2.05) is 6.07 Å². The number of hydrogen-bond acceptors (Lipinski definition) is 6. The zero-order valence-electron chi connectivity index (χ0n) is 16.4. The quantitative estimate of drug-likeness (QED) is 0.507. The predicted molar refractivity (Wildman–Crippen MR) is 106 cm³/mol. The highest BCUT2D eigenvalue weighted by molar-refractivity contribution is 6.03. The van der Waals surface area contributed by atoms with Crippen molar-refractivity contribution in [2.24, 2.45) is 0 Å². The van der Waals surface area contributed by atoms with Crippen molar-refractivity contribution >= 4 is 17.4 Å². The van der Waals surface area contributed by atoms with E-state index in [0.29, 0.717) is 28.4 Å². The van der Waals surface area contributed by atoms with E-state index >= 15 is 0 Å². The molecule has 2 aromatic heterocycles. The second-order valence-electron chi connectivity index (χ2n) is 6.62. The highest BCUT2D eigenvalue weighted by Gasteiger charge is 2.37. The number of halogens is 3. The number of amides is 1. The third-order valence-corrected chi connectivity index (χ3v) is 4.27. The van der Waals surface area contributed by atoms with Gasteiger partial charge in [-0.2, -0.15) is 27.9 Å². The first kappa shape index (κ1) is 20.8. The van der Waals surface area contributed by atoms with Crippen LogP contribution in [0.2, 0.25) is 0 Å². The van der Waals surface area contributed by atoms with Crippen LogP contribution in [-0.2, 0) is 6.18 Å². The van der Waals surface area contributed by atoms with Crippen molar-refractivity contribution in [2.75, 3.05) is 5.32 Å². The normalized spacial score (nSPS) is 11.2. The van der Waals surface area contributed by atoms with E-state index < -0.39 is 17.9 Å². The lowest BCUT2D eigenvalue weighted by molar-refractivity contribution is -0.144. The van der Waals surface area contributed by atoms with E-state index in [-0.39, 0.29) is 11.5 Å². The van der Waals surface area contributed by atoms with E-state index in [1.54, 1.807) is 48.5 Å². The van der Waals surface area contributed by atoms with Crippen molar-refractivity contribution in [3.63, 3.8) is 0 Å². The molecule has 1 amide bonds. The monoisotopic (exact) mass is 438 g/mol. The van der Waals surface area contributed by atoms with Crippen LogP contribution in [0.1, 0.15) is 27.6 Å². The van der Waals surface area contributed by atoms with Crippen molar-refractivity contribution in [1.82, 2.24) is 19.6 Å². The van der Waals surface area contributed by atoms with Crippen molar-refractivity contribution in [3.05, 3.63) is 77.4 Å². The number of nitrogens with zero attached hydrogens (tertiary/aromatic N) is 5. The number of para-hydroxylation sites is 1. The SMILES string of the molecule is Cc1cc(C(=O)Nc2ccc(Oc3ccccc3C#N)cc2)n2nc(C(F)(F)F)nc2n1. The summed E-state index contributed by atoms with van der Waals surface area (Å²) in [6.45, 7) is 1.53. The molecule has 0 radical (unpaired) electrons. The smallest absolute Gasteiger partial charge is 0.453 e. The number of aromatic nitrogens is 4. The maximum Gasteiger partial charge on any atom is 0.453 e. The molecule has 8 nitrogen and oxygen atoms in total. The highest BCUT2D eigenvalue weighted by atomic mass is 19.4. The minimum absolute atomic E-state index is 0.154. The van der Waals surface area contributed by atoms with E-state index in [2.05, 4.69) is 20.4 Å². The Labute approximate surface area is 178 Å². The fraction of sp³-hybridized carbons (Fsp3) is 0.0952. The van der Waals surface area contributed by atoms with Crippen molar-refractivity contribution in [1.29, 1.82) is 5.26 Å². The molecule has 0 saturated carbocycles. The molecule has 160 valence electrons. The van der Waals surface area contributed by atoms with Crippen molar-refractivity contribution < 1.29 is 22.7 Å². The van der Waals surface area contributed by atoms with E-state index in [0.717, 1.165) is 4.52 Å². The minimum atomic E-state index is -4.77. The average Bonchev–Trinajstić information content (AvgIpc) is 3.19. The Hall–Kier alpha value is -4.46. The number of carbonyl (C=O) groups is 1. The molecular formula is C21H13F3N6O2. The lowest BCUT2D eigenvalue weighted by Gasteiger charge is -2.10. The summed E-state index contributed by atoms with van der Waals surface area (Å²) in [5, 5.41) is 15.1. The molecular weight excluding hydrogens is 425 g/mol. The van der Waals surface area contributed by atoms with Crippen LogP contribution >= 0.6 is 0 Å². The standard InChI is InChI=1S/C21H13F3N6O2/c1-12-10-16(30-20(26-12)28-19(29-30)21(22,23)24)18(31)27-14-6-8-15(9-7-14)32-17-5-3-2-4-13(17)11-25/h2-10H,1H3,(H,27,31). The van der Waals surface area contributed by atoms with Gasteiger partial charge in [-0.25, -0.2) is 4.98 Å². The molecule has 0 saturated heterocycles. The summed E-state index contributed by atoms with van der Waals surface area (Å²) >= 11 is 0. The van der Waals surface area contributed by atoms with E-state index in [9.17, 15) is 18.0 Å². The van der Waals surface area contributed by atoms with Gasteiger partial charge in [0.25, 0.3) is 17.5 Å². The molecule has 4 aromatic rings. The molecule has 2 heterocycles. The Balaban J connectivity index is 1.56.